The van der Waals surface area contributed by atoms with Gasteiger partial charge < -0.3 is 4.90 Å². The van der Waals surface area contributed by atoms with Crippen LogP contribution in [-0.2, 0) is 10.0 Å². The van der Waals surface area contributed by atoms with Crippen molar-refractivity contribution < 1.29 is 13.2 Å². The Kier molecular flexibility index (Phi) is 8.67. The molecule has 1 amide bonds. The molecule has 0 spiro atoms. The van der Waals surface area contributed by atoms with Crippen LogP contribution < -0.4 is 4.90 Å². The third kappa shape index (κ3) is 5.75. The van der Waals surface area contributed by atoms with Crippen LogP contribution in [0.2, 0.25) is 5.02 Å². The highest BCUT2D eigenvalue weighted by Gasteiger charge is 2.29. The van der Waals surface area contributed by atoms with E-state index in [-0.39, 0.29) is 10.8 Å². The summed E-state index contributed by atoms with van der Waals surface area (Å²) in [6.45, 7) is 10.2. The van der Waals surface area contributed by atoms with Gasteiger partial charge in [-0.05, 0) is 68.2 Å². The number of anilines is 1. The molecule has 1 aromatic heterocycles. The van der Waals surface area contributed by atoms with E-state index in [1.807, 2.05) is 12.1 Å². The first kappa shape index (κ1) is 27.0. The standard InChI is InChI=1S/C26H33ClN4O3S2/c1-4-29(5-2)16-17-31(26-28-24-22(27)9-6-10-23(24)35-26)25(32)20-11-13-21(14-12-20)36(33,34)30-15-7-8-19(3)18-30/h6,9-14,19H,4-5,7-8,15-18H2,1-3H3. The Morgan fingerprint density at radius 2 is 1.86 bits per heavy atom. The smallest absolute Gasteiger partial charge is 0.260 e. The van der Waals surface area contributed by atoms with Gasteiger partial charge in [-0.3, -0.25) is 9.69 Å². The number of para-hydroxylation sites is 1. The summed E-state index contributed by atoms with van der Waals surface area (Å²) in [7, 11) is -3.58. The molecule has 4 rings (SSSR count). The monoisotopic (exact) mass is 548 g/mol. The quantitative estimate of drug-likeness (QED) is 0.360. The van der Waals surface area contributed by atoms with Crippen LogP contribution in [-0.4, -0.2) is 67.8 Å². The number of carbonyl (C=O) groups excluding carboxylic acids is 1. The first-order chi connectivity index (χ1) is 17.2. The molecule has 7 nitrogen and oxygen atoms in total. The fraction of sp³-hybridized carbons (Fsp3) is 0.462. The van der Waals surface area contributed by atoms with Crippen molar-refractivity contribution in [2.24, 2.45) is 5.92 Å². The molecule has 1 aliphatic heterocycles. The Morgan fingerprint density at radius 1 is 1.14 bits per heavy atom. The van der Waals surface area contributed by atoms with Gasteiger partial charge in [0.1, 0.15) is 5.52 Å². The molecule has 1 fully saturated rings. The van der Waals surface area contributed by atoms with E-state index in [1.54, 1.807) is 39.5 Å². The van der Waals surface area contributed by atoms with E-state index in [9.17, 15) is 13.2 Å². The summed E-state index contributed by atoms with van der Waals surface area (Å²) in [4.78, 5) is 22.5. The highest BCUT2D eigenvalue weighted by atomic mass is 35.5. The van der Waals surface area contributed by atoms with Gasteiger partial charge in [-0.25, -0.2) is 13.4 Å². The minimum atomic E-state index is -3.58. The molecular weight excluding hydrogens is 516 g/mol. The van der Waals surface area contributed by atoms with E-state index in [0.717, 1.165) is 30.6 Å². The Morgan fingerprint density at radius 3 is 2.50 bits per heavy atom. The van der Waals surface area contributed by atoms with Crippen molar-refractivity contribution in [2.45, 2.75) is 38.5 Å². The van der Waals surface area contributed by atoms with E-state index in [2.05, 4.69) is 30.7 Å². The second-order valence-electron chi connectivity index (χ2n) is 9.20. The van der Waals surface area contributed by atoms with Gasteiger partial charge in [-0.2, -0.15) is 4.31 Å². The lowest BCUT2D eigenvalue weighted by Crippen LogP contribution is -2.39. The summed E-state index contributed by atoms with van der Waals surface area (Å²) in [6.07, 6.45) is 1.91. The maximum absolute atomic E-state index is 13.7. The predicted molar refractivity (Wildman–Crippen MR) is 148 cm³/mol. The Labute approximate surface area is 222 Å². The number of likely N-dealkylation sites (N-methyl/N-ethyl adjacent to an activating group) is 1. The van der Waals surface area contributed by atoms with Crippen LogP contribution in [0.3, 0.4) is 0 Å². The largest absolute Gasteiger partial charge is 0.302 e. The molecule has 0 saturated carbocycles. The number of fused-ring (bicyclic) bond motifs is 1. The maximum atomic E-state index is 13.7. The molecule has 1 aliphatic rings. The minimum Gasteiger partial charge on any atom is -0.302 e. The number of nitrogens with zero attached hydrogens (tertiary/aromatic N) is 4. The molecule has 36 heavy (non-hydrogen) atoms. The zero-order chi connectivity index (χ0) is 25.9. The average molecular weight is 549 g/mol. The number of amides is 1. The van der Waals surface area contributed by atoms with Crippen molar-refractivity contribution >= 4 is 54.2 Å². The lowest BCUT2D eigenvalue weighted by atomic mass is 10.0. The topological polar surface area (TPSA) is 73.8 Å². The van der Waals surface area contributed by atoms with Gasteiger partial charge in [0.15, 0.2) is 5.13 Å². The maximum Gasteiger partial charge on any atom is 0.260 e. The molecule has 0 aliphatic carbocycles. The first-order valence-corrected chi connectivity index (χ1v) is 15.1. The average Bonchev–Trinajstić information content (AvgIpc) is 3.32. The third-order valence-corrected chi connectivity index (χ3v) is 9.96. The van der Waals surface area contributed by atoms with Crippen molar-refractivity contribution in [3.05, 3.63) is 53.1 Å². The Bertz CT molecular complexity index is 1310. The summed E-state index contributed by atoms with van der Waals surface area (Å²) >= 11 is 7.77. The summed E-state index contributed by atoms with van der Waals surface area (Å²) in [5.41, 5.74) is 1.10. The zero-order valence-corrected chi connectivity index (χ0v) is 23.4. The molecule has 3 aromatic rings. The van der Waals surface area contributed by atoms with Crippen LogP contribution in [0.5, 0.6) is 0 Å². The van der Waals surface area contributed by atoms with E-state index in [1.165, 1.54) is 11.3 Å². The van der Waals surface area contributed by atoms with Gasteiger partial charge in [0.05, 0.1) is 14.6 Å². The highest BCUT2D eigenvalue weighted by Crippen LogP contribution is 2.33. The minimum absolute atomic E-state index is 0.215. The number of benzene rings is 2. The molecule has 10 heteroatoms. The lowest BCUT2D eigenvalue weighted by Gasteiger charge is -2.30. The molecule has 2 aromatic carbocycles. The lowest BCUT2D eigenvalue weighted by molar-refractivity contribution is 0.0983. The van der Waals surface area contributed by atoms with Gasteiger partial charge in [-0.15, -0.1) is 0 Å². The number of hydrogen-bond acceptors (Lipinski definition) is 6. The van der Waals surface area contributed by atoms with E-state index in [4.69, 9.17) is 11.6 Å². The number of aromatic nitrogens is 1. The SMILES string of the molecule is CCN(CC)CCN(C(=O)c1ccc(S(=O)(=O)N2CCCC(C)C2)cc1)c1nc2c(Cl)cccc2s1. The molecule has 1 atom stereocenters. The van der Waals surface area contributed by atoms with Crippen molar-refractivity contribution in [1.29, 1.82) is 0 Å². The van der Waals surface area contributed by atoms with Crippen LogP contribution in [0.4, 0.5) is 5.13 Å². The van der Waals surface area contributed by atoms with E-state index >= 15 is 0 Å². The van der Waals surface area contributed by atoms with E-state index in [0.29, 0.717) is 53.3 Å². The van der Waals surface area contributed by atoms with Gasteiger partial charge in [0.2, 0.25) is 10.0 Å². The normalized spacial score (nSPS) is 17.1. The second-order valence-corrected chi connectivity index (χ2v) is 12.6. The number of piperidine rings is 1. The summed E-state index contributed by atoms with van der Waals surface area (Å²) < 4.78 is 28.8. The molecule has 1 saturated heterocycles. The van der Waals surface area contributed by atoms with Crippen LogP contribution >= 0.6 is 22.9 Å². The van der Waals surface area contributed by atoms with Crippen LogP contribution in [0.25, 0.3) is 10.2 Å². The van der Waals surface area contributed by atoms with Gasteiger partial charge >= 0.3 is 0 Å². The molecule has 2 heterocycles. The number of thiazole rings is 1. The summed E-state index contributed by atoms with van der Waals surface area (Å²) in [6, 6.07) is 11.9. The molecule has 0 N–H and O–H groups in total. The number of halogens is 1. The van der Waals surface area contributed by atoms with Gasteiger partial charge in [0, 0.05) is 31.7 Å². The van der Waals surface area contributed by atoms with Gasteiger partial charge in [0.25, 0.3) is 5.91 Å². The Balaban J connectivity index is 1.62. The molecular formula is C26H33ClN4O3S2. The van der Waals surface area contributed by atoms with Crippen LogP contribution in [0, 0.1) is 5.92 Å². The second kappa shape index (κ2) is 11.6. The predicted octanol–water partition coefficient (Wildman–Crippen LogP) is 5.36. The third-order valence-electron chi connectivity index (χ3n) is 6.73. The first-order valence-electron chi connectivity index (χ1n) is 12.4. The highest BCUT2D eigenvalue weighted by molar-refractivity contribution is 7.89. The van der Waals surface area contributed by atoms with Crippen LogP contribution in [0.1, 0.15) is 44.0 Å². The number of carbonyl (C=O) groups is 1. The van der Waals surface area contributed by atoms with Crippen molar-refractivity contribution in [3.8, 4) is 0 Å². The summed E-state index contributed by atoms with van der Waals surface area (Å²) in [5, 5.41) is 1.13. The van der Waals surface area contributed by atoms with E-state index < -0.39 is 10.0 Å². The molecule has 194 valence electrons. The molecule has 1 unspecified atom stereocenters. The van der Waals surface area contributed by atoms with Gasteiger partial charge in [-0.1, -0.05) is 49.8 Å². The zero-order valence-electron chi connectivity index (χ0n) is 21.0. The number of rotatable bonds is 9. The summed E-state index contributed by atoms with van der Waals surface area (Å²) in [5.74, 6) is 0.129. The van der Waals surface area contributed by atoms with Crippen LogP contribution in [0.15, 0.2) is 47.4 Å². The molecule has 0 bridgehead atoms. The number of hydrogen-bond donors (Lipinski definition) is 0. The Hall–Kier alpha value is -2.04. The fourth-order valence-corrected chi connectivity index (χ4v) is 7.41. The molecule has 0 radical (unpaired) electrons. The van der Waals surface area contributed by atoms with Crippen molar-refractivity contribution in [3.63, 3.8) is 0 Å². The number of sulfonamides is 1. The van der Waals surface area contributed by atoms with Crippen molar-refractivity contribution in [1.82, 2.24) is 14.2 Å². The fourth-order valence-electron chi connectivity index (χ4n) is 4.52. The van der Waals surface area contributed by atoms with Crippen molar-refractivity contribution in [2.75, 3.05) is 44.2 Å².